The van der Waals surface area contributed by atoms with Crippen LogP contribution in [0.1, 0.15) is 12.5 Å². The number of allylic oxidation sites excluding steroid dienone is 1. The van der Waals surface area contributed by atoms with Crippen LogP contribution in [0.15, 0.2) is 34.9 Å². The van der Waals surface area contributed by atoms with E-state index in [2.05, 4.69) is 0 Å². The summed E-state index contributed by atoms with van der Waals surface area (Å²) < 4.78 is 17.6. The van der Waals surface area contributed by atoms with Crippen molar-refractivity contribution in [1.82, 2.24) is 0 Å². The van der Waals surface area contributed by atoms with Gasteiger partial charge in [0.05, 0.1) is 6.61 Å². The fourth-order valence-electron chi connectivity index (χ4n) is 1.38. The van der Waals surface area contributed by atoms with Crippen LogP contribution in [-0.2, 0) is 16.0 Å². The van der Waals surface area contributed by atoms with Gasteiger partial charge in [-0.15, -0.1) is 0 Å². The molecule has 0 heterocycles. The first-order chi connectivity index (χ1) is 9.08. The van der Waals surface area contributed by atoms with Crippen LogP contribution >= 0.6 is 11.8 Å². The highest BCUT2D eigenvalue weighted by Crippen LogP contribution is 2.20. The smallest absolute Gasteiger partial charge is 0.347 e. The van der Waals surface area contributed by atoms with Gasteiger partial charge in [0.2, 0.25) is 0 Å². The number of hydrogen-bond donors (Lipinski definition) is 1. The quantitative estimate of drug-likeness (QED) is 0.509. The highest BCUT2D eigenvalue weighted by atomic mass is 32.2. The van der Waals surface area contributed by atoms with Gasteiger partial charge in [-0.2, -0.15) is 5.26 Å². The summed E-state index contributed by atoms with van der Waals surface area (Å²) in [5.74, 6) is -0.961. The number of thiocyanates is 1. The standard InChI is InChI=1S/C13H13FN2O2S/c1-2-18-13(17)12(19-8-15)11(16)7-9-3-5-10(14)6-4-9/h3-6H,2,7,16H2,1H3/b12-11+. The van der Waals surface area contributed by atoms with Crippen molar-refractivity contribution in [2.75, 3.05) is 6.61 Å². The molecule has 1 aromatic rings. The van der Waals surface area contributed by atoms with Crippen molar-refractivity contribution >= 4 is 17.7 Å². The summed E-state index contributed by atoms with van der Waals surface area (Å²) in [5, 5.41) is 10.5. The van der Waals surface area contributed by atoms with Crippen LogP contribution in [0.2, 0.25) is 0 Å². The predicted octanol–water partition coefficient (Wildman–Crippen LogP) is 2.32. The van der Waals surface area contributed by atoms with Gasteiger partial charge in [-0.05, 0) is 36.4 Å². The molecule has 0 spiro atoms. The molecule has 0 aromatic heterocycles. The second-order valence-electron chi connectivity index (χ2n) is 3.57. The Kier molecular flexibility index (Phi) is 5.90. The van der Waals surface area contributed by atoms with Crippen LogP contribution in [0.3, 0.4) is 0 Å². The lowest BCUT2D eigenvalue weighted by Gasteiger charge is -2.08. The molecule has 0 aliphatic carbocycles. The van der Waals surface area contributed by atoms with Crippen molar-refractivity contribution in [1.29, 1.82) is 5.26 Å². The molecule has 0 bridgehead atoms. The number of benzene rings is 1. The second kappa shape index (κ2) is 7.44. The van der Waals surface area contributed by atoms with Gasteiger partial charge >= 0.3 is 5.97 Å². The third-order valence-corrected chi connectivity index (χ3v) is 2.93. The third kappa shape index (κ3) is 4.64. The van der Waals surface area contributed by atoms with Crippen molar-refractivity contribution in [2.45, 2.75) is 13.3 Å². The molecule has 0 radical (unpaired) electrons. The maximum Gasteiger partial charge on any atom is 0.347 e. The lowest BCUT2D eigenvalue weighted by atomic mass is 10.1. The minimum absolute atomic E-state index is 0.0775. The van der Waals surface area contributed by atoms with Crippen LogP contribution in [0.25, 0.3) is 0 Å². The first-order valence-electron chi connectivity index (χ1n) is 5.54. The van der Waals surface area contributed by atoms with E-state index in [1.165, 1.54) is 12.1 Å². The van der Waals surface area contributed by atoms with Gasteiger partial charge < -0.3 is 10.5 Å². The molecule has 0 fully saturated rings. The number of nitrogens with zero attached hydrogens (tertiary/aromatic N) is 1. The fraction of sp³-hybridized carbons (Fsp3) is 0.231. The monoisotopic (exact) mass is 280 g/mol. The Hall–Kier alpha value is -2.00. The first-order valence-corrected chi connectivity index (χ1v) is 6.36. The summed E-state index contributed by atoms with van der Waals surface area (Å²) in [6.45, 7) is 1.88. The van der Waals surface area contributed by atoms with E-state index in [0.29, 0.717) is 11.8 Å². The highest BCUT2D eigenvalue weighted by Gasteiger charge is 2.16. The van der Waals surface area contributed by atoms with Gasteiger partial charge in [0, 0.05) is 12.1 Å². The number of thioether (sulfide) groups is 1. The summed E-state index contributed by atoms with van der Waals surface area (Å²) in [6, 6.07) is 5.76. The average Bonchev–Trinajstić information content (AvgIpc) is 2.38. The number of carbonyl (C=O) groups excluding carboxylic acids is 1. The van der Waals surface area contributed by atoms with Gasteiger partial charge in [-0.1, -0.05) is 12.1 Å². The molecule has 6 heteroatoms. The zero-order valence-electron chi connectivity index (χ0n) is 10.4. The Morgan fingerprint density at radius 3 is 2.63 bits per heavy atom. The molecule has 0 aliphatic heterocycles. The van der Waals surface area contributed by atoms with Crippen LogP contribution in [0.4, 0.5) is 4.39 Å². The Morgan fingerprint density at radius 2 is 2.11 bits per heavy atom. The normalized spacial score (nSPS) is 11.4. The third-order valence-electron chi connectivity index (χ3n) is 2.21. The topological polar surface area (TPSA) is 76.1 Å². The summed E-state index contributed by atoms with van der Waals surface area (Å²) >= 11 is 0.667. The Bertz CT molecular complexity index is 520. The maximum absolute atomic E-state index is 12.8. The molecule has 4 nitrogen and oxygen atoms in total. The SMILES string of the molecule is CCOC(=O)/C(SC#N)=C(\N)Cc1ccc(F)cc1. The van der Waals surface area contributed by atoms with Crippen molar-refractivity contribution in [3.05, 3.63) is 46.2 Å². The van der Waals surface area contributed by atoms with Crippen LogP contribution in [0.5, 0.6) is 0 Å². The van der Waals surface area contributed by atoms with Crippen molar-refractivity contribution in [2.24, 2.45) is 5.73 Å². The molecule has 100 valence electrons. The van der Waals surface area contributed by atoms with Crippen molar-refractivity contribution < 1.29 is 13.9 Å². The van der Waals surface area contributed by atoms with E-state index in [1.54, 1.807) is 24.5 Å². The van der Waals surface area contributed by atoms with Crippen molar-refractivity contribution in [3.63, 3.8) is 0 Å². The minimum atomic E-state index is -0.617. The molecule has 1 rings (SSSR count). The number of esters is 1. The minimum Gasteiger partial charge on any atom is -0.462 e. The molecular weight excluding hydrogens is 267 g/mol. The number of ether oxygens (including phenoxy) is 1. The van der Waals surface area contributed by atoms with E-state index >= 15 is 0 Å². The summed E-state index contributed by atoms with van der Waals surface area (Å²) in [7, 11) is 0. The van der Waals surface area contributed by atoms with Gasteiger partial charge in [-0.3, -0.25) is 0 Å². The number of nitrogens with two attached hydrogens (primary N) is 1. The Labute approximate surface area is 115 Å². The number of halogens is 1. The van der Waals surface area contributed by atoms with E-state index in [4.69, 9.17) is 15.7 Å². The van der Waals surface area contributed by atoms with Gasteiger partial charge in [-0.25, -0.2) is 9.18 Å². The predicted molar refractivity (Wildman–Crippen MR) is 71.2 cm³/mol. The molecule has 1 aromatic carbocycles. The fourth-order valence-corrected chi connectivity index (χ4v) is 1.82. The largest absolute Gasteiger partial charge is 0.462 e. The summed E-state index contributed by atoms with van der Waals surface area (Å²) in [6.07, 6.45) is 0.253. The number of carbonyl (C=O) groups is 1. The van der Waals surface area contributed by atoms with Crippen molar-refractivity contribution in [3.8, 4) is 5.40 Å². The lowest BCUT2D eigenvalue weighted by molar-refractivity contribution is -0.137. The van der Waals surface area contributed by atoms with Crippen LogP contribution in [0, 0.1) is 16.5 Å². The molecule has 0 aliphatic rings. The van der Waals surface area contributed by atoms with Gasteiger partial charge in [0.25, 0.3) is 0 Å². The highest BCUT2D eigenvalue weighted by molar-refractivity contribution is 8.08. The Morgan fingerprint density at radius 1 is 1.47 bits per heavy atom. The maximum atomic E-state index is 12.8. The van der Waals surface area contributed by atoms with E-state index in [9.17, 15) is 9.18 Å². The van der Waals surface area contributed by atoms with Gasteiger partial charge in [0.1, 0.15) is 16.1 Å². The number of hydrogen-bond acceptors (Lipinski definition) is 5. The van der Waals surface area contributed by atoms with Crippen LogP contribution < -0.4 is 5.73 Å². The summed E-state index contributed by atoms with van der Waals surface area (Å²) in [4.78, 5) is 11.7. The number of rotatable bonds is 5. The molecular formula is C13H13FN2O2S. The lowest BCUT2D eigenvalue weighted by Crippen LogP contribution is -2.13. The zero-order chi connectivity index (χ0) is 14.3. The molecule has 0 saturated heterocycles. The molecule has 0 saturated carbocycles. The molecule has 2 N–H and O–H groups in total. The van der Waals surface area contributed by atoms with E-state index in [0.717, 1.165) is 5.56 Å². The van der Waals surface area contributed by atoms with E-state index in [1.807, 2.05) is 0 Å². The molecule has 0 amide bonds. The first kappa shape index (κ1) is 15.1. The number of nitriles is 1. The van der Waals surface area contributed by atoms with Gasteiger partial charge in [0.15, 0.2) is 0 Å². The average molecular weight is 280 g/mol. The van der Waals surface area contributed by atoms with E-state index in [-0.39, 0.29) is 29.4 Å². The van der Waals surface area contributed by atoms with E-state index < -0.39 is 5.97 Å². The molecule has 0 unspecified atom stereocenters. The Balaban J connectivity index is 2.93. The summed E-state index contributed by atoms with van der Waals surface area (Å²) in [5.41, 5.74) is 6.80. The molecule has 0 atom stereocenters. The van der Waals surface area contributed by atoms with Crippen LogP contribution in [-0.4, -0.2) is 12.6 Å². The molecule has 19 heavy (non-hydrogen) atoms. The zero-order valence-corrected chi connectivity index (χ0v) is 11.2. The second-order valence-corrected chi connectivity index (χ2v) is 4.37.